The number of rotatable bonds is 9. The molecule has 0 aliphatic rings. The number of amides is 2. The highest BCUT2D eigenvalue weighted by molar-refractivity contribution is 7.92. The number of benzene rings is 2. The highest BCUT2D eigenvalue weighted by atomic mass is 35.5. The summed E-state index contributed by atoms with van der Waals surface area (Å²) in [5, 5.41) is 3.56. The first-order valence-corrected chi connectivity index (χ1v) is 12.6. The number of carbonyl (C=O) groups excluding carboxylic acids is 2. The van der Waals surface area contributed by atoms with Crippen LogP contribution in [-0.2, 0) is 26.2 Å². The summed E-state index contributed by atoms with van der Waals surface area (Å²) in [5.41, 5.74) is 0.894. The summed E-state index contributed by atoms with van der Waals surface area (Å²) in [4.78, 5) is 27.4. The van der Waals surface area contributed by atoms with Gasteiger partial charge in [-0.25, -0.2) is 8.42 Å². The molecule has 0 saturated heterocycles. The van der Waals surface area contributed by atoms with Crippen molar-refractivity contribution >= 4 is 50.7 Å². The first-order chi connectivity index (χ1) is 14.9. The van der Waals surface area contributed by atoms with Gasteiger partial charge in [0.1, 0.15) is 12.6 Å². The van der Waals surface area contributed by atoms with E-state index >= 15 is 0 Å². The molecule has 2 amide bonds. The third-order valence-corrected chi connectivity index (χ3v) is 6.42. The Kier molecular flexibility index (Phi) is 8.95. The van der Waals surface area contributed by atoms with Crippen molar-refractivity contribution in [2.24, 2.45) is 0 Å². The van der Waals surface area contributed by atoms with E-state index < -0.39 is 28.5 Å². The second kappa shape index (κ2) is 11.0. The molecule has 1 N–H and O–H groups in total. The Morgan fingerprint density at radius 1 is 1.03 bits per heavy atom. The van der Waals surface area contributed by atoms with Crippen LogP contribution < -0.4 is 9.62 Å². The second-order valence-electron chi connectivity index (χ2n) is 7.70. The van der Waals surface area contributed by atoms with Gasteiger partial charge in [0.2, 0.25) is 21.8 Å². The second-order valence-corrected chi connectivity index (χ2v) is 10.5. The SMILES string of the molecule is CC(C)NC(=O)[C@@H](C)N(Cc1ccccc1Cl)C(=O)CN(c1cccc(Cl)c1)S(C)(=O)=O. The lowest BCUT2D eigenvalue weighted by Gasteiger charge is -2.32. The fraction of sp³-hybridized carbons (Fsp3) is 0.364. The van der Waals surface area contributed by atoms with Crippen molar-refractivity contribution in [3.8, 4) is 0 Å². The monoisotopic (exact) mass is 499 g/mol. The summed E-state index contributed by atoms with van der Waals surface area (Å²) in [7, 11) is -3.81. The molecule has 0 bridgehead atoms. The molecule has 0 aromatic heterocycles. The predicted octanol–water partition coefficient (Wildman–Crippen LogP) is 3.70. The number of nitrogens with zero attached hydrogens (tertiary/aromatic N) is 2. The van der Waals surface area contributed by atoms with E-state index in [9.17, 15) is 18.0 Å². The van der Waals surface area contributed by atoms with Crippen LogP contribution in [-0.4, -0.2) is 50.0 Å². The van der Waals surface area contributed by atoms with Crippen molar-refractivity contribution < 1.29 is 18.0 Å². The lowest BCUT2D eigenvalue weighted by Crippen LogP contribution is -2.52. The fourth-order valence-electron chi connectivity index (χ4n) is 3.04. The van der Waals surface area contributed by atoms with E-state index in [0.29, 0.717) is 15.6 Å². The number of hydrogen-bond donors (Lipinski definition) is 1. The van der Waals surface area contributed by atoms with Crippen LogP contribution >= 0.6 is 23.2 Å². The number of nitrogens with one attached hydrogen (secondary N) is 1. The Morgan fingerprint density at radius 3 is 2.25 bits per heavy atom. The highest BCUT2D eigenvalue weighted by Crippen LogP contribution is 2.23. The molecule has 0 heterocycles. The molecule has 0 aliphatic carbocycles. The van der Waals surface area contributed by atoms with Gasteiger partial charge in [-0.2, -0.15) is 0 Å². The number of sulfonamides is 1. The van der Waals surface area contributed by atoms with Gasteiger partial charge in [0.05, 0.1) is 11.9 Å². The number of anilines is 1. The molecule has 0 radical (unpaired) electrons. The first-order valence-electron chi connectivity index (χ1n) is 9.96. The zero-order chi connectivity index (χ0) is 24.1. The molecule has 0 aliphatic heterocycles. The van der Waals surface area contributed by atoms with Gasteiger partial charge in [0.25, 0.3) is 0 Å². The van der Waals surface area contributed by atoms with Crippen LogP contribution in [0.5, 0.6) is 0 Å². The maximum Gasteiger partial charge on any atom is 0.244 e. The summed E-state index contributed by atoms with van der Waals surface area (Å²) >= 11 is 12.3. The van der Waals surface area contributed by atoms with Gasteiger partial charge in [-0.1, -0.05) is 47.5 Å². The fourth-order valence-corrected chi connectivity index (χ4v) is 4.26. The van der Waals surface area contributed by atoms with Gasteiger partial charge >= 0.3 is 0 Å². The van der Waals surface area contributed by atoms with Crippen LogP contribution in [0.4, 0.5) is 5.69 Å². The van der Waals surface area contributed by atoms with Crippen molar-refractivity contribution in [1.82, 2.24) is 10.2 Å². The zero-order valence-electron chi connectivity index (χ0n) is 18.4. The molecule has 10 heteroatoms. The Balaban J connectivity index is 2.40. The van der Waals surface area contributed by atoms with Gasteiger partial charge in [-0.05, 0) is 50.6 Å². The van der Waals surface area contributed by atoms with E-state index in [2.05, 4.69) is 5.32 Å². The molecule has 1 atom stereocenters. The van der Waals surface area contributed by atoms with Crippen molar-refractivity contribution in [1.29, 1.82) is 0 Å². The van der Waals surface area contributed by atoms with E-state index in [-0.39, 0.29) is 24.2 Å². The Hall–Kier alpha value is -2.29. The first kappa shape index (κ1) is 26.0. The molecule has 2 rings (SSSR count). The smallest absolute Gasteiger partial charge is 0.244 e. The maximum atomic E-state index is 13.4. The summed E-state index contributed by atoms with van der Waals surface area (Å²) in [6, 6.07) is 12.2. The van der Waals surface area contributed by atoms with Crippen molar-refractivity contribution in [3.05, 3.63) is 64.1 Å². The Bertz CT molecular complexity index is 1080. The van der Waals surface area contributed by atoms with E-state index in [1.807, 2.05) is 13.8 Å². The van der Waals surface area contributed by atoms with Gasteiger partial charge in [-0.3, -0.25) is 13.9 Å². The predicted molar refractivity (Wildman–Crippen MR) is 128 cm³/mol. The van der Waals surface area contributed by atoms with Gasteiger partial charge in [0.15, 0.2) is 0 Å². The third kappa shape index (κ3) is 7.12. The van der Waals surface area contributed by atoms with Gasteiger partial charge < -0.3 is 10.2 Å². The quantitative estimate of drug-likeness (QED) is 0.569. The van der Waals surface area contributed by atoms with E-state index in [0.717, 1.165) is 10.6 Å². The van der Waals surface area contributed by atoms with Crippen molar-refractivity contribution in [2.75, 3.05) is 17.1 Å². The summed E-state index contributed by atoms with van der Waals surface area (Å²) in [6.07, 6.45) is 1.01. The van der Waals surface area contributed by atoms with Crippen LogP contribution in [0.1, 0.15) is 26.3 Å². The van der Waals surface area contributed by atoms with E-state index in [1.54, 1.807) is 49.4 Å². The van der Waals surface area contributed by atoms with Crippen LogP contribution in [0.2, 0.25) is 10.0 Å². The Labute approximate surface area is 199 Å². The Morgan fingerprint density at radius 2 is 1.69 bits per heavy atom. The standard InChI is InChI=1S/C22H27Cl2N3O4S/c1-15(2)25-22(29)16(3)26(13-17-8-5-6-11-20(17)24)21(28)14-27(32(4,30)31)19-10-7-9-18(23)12-19/h5-12,15-16H,13-14H2,1-4H3,(H,25,29)/t16-/m1/s1. The lowest BCUT2D eigenvalue weighted by atomic mass is 10.1. The molecular formula is C22H27Cl2N3O4S. The van der Waals surface area contributed by atoms with Crippen molar-refractivity contribution in [3.63, 3.8) is 0 Å². The largest absolute Gasteiger partial charge is 0.352 e. The van der Waals surface area contributed by atoms with Crippen LogP contribution in [0, 0.1) is 0 Å². The zero-order valence-corrected chi connectivity index (χ0v) is 20.7. The van der Waals surface area contributed by atoms with Crippen molar-refractivity contribution in [2.45, 2.75) is 39.4 Å². The summed E-state index contributed by atoms with van der Waals surface area (Å²) < 4.78 is 25.9. The van der Waals surface area contributed by atoms with Gasteiger partial charge in [0, 0.05) is 22.6 Å². The number of carbonyl (C=O) groups is 2. The molecule has 174 valence electrons. The lowest BCUT2D eigenvalue weighted by molar-refractivity contribution is -0.139. The molecule has 2 aromatic carbocycles. The van der Waals surface area contributed by atoms with E-state index in [1.165, 1.54) is 11.0 Å². The molecule has 0 saturated carbocycles. The number of hydrogen-bond acceptors (Lipinski definition) is 4. The normalized spacial score (nSPS) is 12.3. The molecule has 7 nitrogen and oxygen atoms in total. The van der Waals surface area contributed by atoms with Crippen LogP contribution in [0.25, 0.3) is 0 Å². The average Bonchev–Trinajstić information content (AvgIpc) is 2.69. The topological polar surface area (TPSA) is 86.8 Å². The highest BCUT2D eigenvalue weighted by Gasteiger charge is 2.30. The molecule has 0 unspecified atom stereocenters. The average molecular weight is 500 g/mol. The van der Waals surface area contributed by atoms with Crippen LogP contribution in [0.3, 0.4) is 0 Å². The maximum absolute atomic E-state index is 13.4. The van der Waals surface area contributed by atoms with Crippen LogP contribution in [0.15, 0.2) is 48.5 Å². The molecule has 2 aromatic rings. The minimum Gasteiger partial charge on any atom is -0.352 e. The number of halogens is 2. The summed E-state index contributed by atoms with van der Waals surface area (Å²) in [6.45, 7) is 4.77. The van der Waals surface area contributed by atoms with Gasteiger partial charge in [-0.15, -0.1) is 0 Å². The molecule has 32 heavy (non-hydrogen) atoms. The third-order valence-electron chi connectivity index (χ3n) is 4.67. The van der Waals surface area contributed by atoms with E-state index in [4.69, 9.17) is 23.2 Å². The minimum absolute atomic E-state index is 0.0400. The molecule has 0 fully saturated rings. The summed E-state index contributed by atoms with van der Waals surface area (Å²) in [5.74, 6) is -0.907. The molecular weight excluding hydrogens is 473 g/mol. The minimum atomic E-state index is -3.81. The molecule has 0 spiro atoms.